The number of hydrogen-bond acceptors (Lipinski definition) is 3. The van der Waals surface area contributed by atoms with E-state index >= 15 is 0 Å². The molecule has 4 heteroatoms. The summed E-state index contributed by atoms with van der Waals surface area (Å²) in [6, 6.07) is 61.3. The van der Waals surface area contributed by atoms with E-state index in [0.717, 1.165) is 39.0 Å². The third kappa shape index (κ3) is 3.97. The molecule has 11 aromatic rings. The Hall–Kier alpha value is -6.36. The SMILES string of the molecule is c1ccc(-n2c3ccccc3c3cc(N(c4ccc5oc6ccccc6c5c4)c4c5ccccc5cc5c4sc4ccccc45)ccc32)cc1. The van der Waals surface area contributed by atoms with Gasteiger partial charge in [0.15, 0.2) is 0 Å². The zero-order chi connectivity index (χ0) is 32.8. The minimum absolute atomic E-state index is 0.890. The largest absolute Gasteiger partial charge is 0.456 e. The van der Waals surface area contributed by atoms with E-state index in [4.69, 9.17) is 4.42 Å². The fraction of sp³-hybridized carbons (Fsp3) is 0. The highest BCUT2D eigenvalue weighted by Crippen LogP contribution is 2.50. The van der Waals surface area contributed by atoms with Crippen LogP contribution < -0.4 is 4.90 Å². The Morgan fingerprint density at radius 1 is 0.440 bits per heavy atom. The summed E-state index contributed by atoms with van der Waals surface area (Å²) < 4.78 is 11.3. The van der Waals surface area contributed by atoms with Gasteiger partial charge in [0.25, 0.3) is 0 Å². The van der Waals surface area contributed by atoms with E-state index < -0.39 is 0 Å². The zero-order valence-electron chi connectivity index (χ0n) is 26.9. The van der Waals surface area contributed by atoms with E-state index in [0.29, 0.717) is 0 Å². The van der Waals surface area contributed by atoms with Crippen LogP contribution in [0.2, 0.25) is 0 Å². The highest BCUT2D eigenvalue weighted by Gasteiger charge is 2.24. The van der Waals surface area contributed by atoms with Crippen LogP contribution in [0.4, 0.5) is 17.1 Å². The molecule has 3 aromatic heterocycles. The second kappa shape index (κ2) is 10.6. The van der Waals surface area contributed by atoms with E-state index in [1.54, 1.807) is 0 Å². The van der Waals surface area contributed by atoms with Crippen molar-refractivity contribution in [3.63, 3.8) is 0 Å². The fourth-order valence-corrected chi connectivity index (χ4v) is 9.17. The van der Waals surface area contributed by atoms with Crippen LogP contribution in [0.3, 0.4) is 0 Å². The molecule has 234 valence electrons. The lowest BCUT2D eigenvalue weighted by Gasteiger charge is -2.28. The summed E-state index contributed by atoms with van der Waals surface area (Å²) >= 11 is 1.87. The lowest BCUT2D eigenvalue weighted by atomic mass is 10.0. The third-order valence-electron chi connectivity index (χ3n) is 10.1. The average molecular weight is 657 g/mol. The van der Waals surface area contributed by atoms with Gasteiger partial charge in [0, 0.05) is 59.5 Å². The summed E-state index contributed by atoms with van der Waals surface area (Å²) in [6.07, 6.45) is 0. The van der Waals surface area contributed by atoms with Crippen molar-refractivity contribution in [1.29, 1.82) is 0 Å². The minimum Gasteiger partial charge on any atom is -0.456 e. The van der Waals surface area contributed by atoms with E-state index in [9.17, 15) is 0 Å². The van der Waals surface area contributed by atoms with E-state index in [2.05, 4.69) is 173 Å². The molecule has 50 heavy (non-hydrogen) atoms. The van der Waals surface area contributed by atoms with Crippen molar-refractivity contribution >= 4 is 103 Å². The molecule has 0 spiro atoms. The van der Waals surface area contributed by atoms with Gasteiger partial charge in [-0.05, 0) is 78.2 Å². The van der Waals surface area contributed by atoms with Gasteiger partial charge in [0.1, 0.15) is 11.2 Å². The van der Waals surface area contributed by atoms with Crippen LogP contribution in [-0.2, 0) is 0 Å². The molecule has 0 fully saturated rings. The van der Waals surface area contributed by atoms with Crippen LogP contribution in [-0.4, -0.2) is 4.57 Å². The van der Waals surface area contributed by atoms with Crippen LogP contribution in [0.1, 0.15) is 0 Å². The molecule has 0 radical (unpaired) electrons. The molecule has 0 N–H and O–H groups in total. The number of nitrogens with zero attached hydrogens (tertiary/aromatic N) is 2. The predicted octanol–water partition coefficient (Wildman–Crippen LogP) is 13.7. The van der Waals surface area contributed by atoms with E-state index in [1.807, 2.05) is 17.4 Å². The van der Waals surface area contributed by atoms with Crippen LogP contribution in [0.5, 0.6) is 0 Å². The van der Waals surface area contributed by atoms with Crippen molar-refractivity contribution in [3.05, 3.63) is 170 Å². The molecule has 0 aliphatic carbocycles. The van der Waals surface area contributed by atoms with Gasteiger partial charge < -0.3 is 13.9 Å². The first kappa shape index (κ1) is 27.6. The maximum atomic E-state index is 6.31. The highest BCUT2D eigenvalue weighted by molar-refractivity contribution is 7.26. The Bertz CT molecular complexity index is 3110. The molecule has 0 saturated carbocycles. The second-order valence-electron chi connectivity index (χ2n) is 12.9. The quantitative estimate of drug-likeness (QED) is 0.188. The summed E-state index contributed by atoms with van der Waals surface area (Å²) in [5.41, 5.74) is 8.71. The van der Waals surface area contributed by atoms with E-state index in [-0.39, 0.29) is 0 Å². The Labute approximate surface area is 291 Å². The van der Waals surface area contributed by atoms with Crippen molar-refractivity contribution in [2.75, 3.05) is 4.90 Å². The molecule has 0 amide bonds. The lowest BCUT2D eigenvalue weighted by Crippen LogP contribution is -2.11. The lowest BCUT2D eigenvalue weighted by molar-refractivity contribution is 0.669. The molecular formula is C46H28N2OS. The van der Waals surface area contributed by atoms with Crippen molar-refractivity contribution in [2.24, 2.45) is 0 Å². The molecule has 0 bridgehead atoms. The Morgan fingerprint density at radius 2 is 1.08 bits per heavy atom. The number of furan rings is 1. The molecular weight excluding hydrogens is 629 g/mol. The van der Waals surface area contributed by atoms with E-state index in [1.165, 1.54) is 58.4 Å². The van der Waals surface area contributed by atoms with Crippen LogP contribution in [0.25, 0.3) is 80.4 Å². The maximum Gasteiger partial charge on any atom is 0.135 e. The number of rotatable bonds is 4. The summed E-state index contributed by atoms with van der Waals surface area (Å²) in [5.74, 6) is 0. The molecule has 0 aliphatic heterocycles. The number of aromatic nitrogens is 1. The Morgan fingerprint density at radius 3 is 1.96 bits per heavy atom. The zero-order valence-corrected chi connectivity index (χ0v) is 27.7. The minimum atomic E-state index is 0.890. The first-order valence-corrected chi connectivity index (χ1v) is 17.7. The van der Waals surface area contributed by atoms with Gasteiger partial charge in [0.05, 0.1) is 21.4 Å². The van der Waals surface area contributed by atoms with Crippen LogP contribution in [0, 0.1) is 0 Å². The summed E-state index contributed by atoms with van der Waals surface area (Å²) in [5, 5.41) is 9.69. The molecule has 0 saturated heterocycles. The first-order chi connectivity index (χ1) is 24.8. The van der Waals surface area contributed by atoms with Gasteiger partial charge in [-0.1, -0.05) is 97.1 Å². The molecule has 3 heterocycles. The number of benzene rings is 8. The summed E-state index contributed by atoms with van der Waals surface area (Å²) in [6.45, 7) is 0. The topological polar surface area (TPSA) is 21.3 Å². The van der Waals surface area contributed by atoms with Crippen LogP contribution >= 0.6 is 11.3 Å². The van der Waals surface area contributed by atoms with Gasteiger partial charge in [-0.3, -0.25) is 0 Å². The van der Waals surface area contributed by atoms with Crippen molar-refractivity contribution in [1.82, 2.24) is 4.57 Å². The van der Waals surface area contributed by atoms with Crippen LogP contribution in [0.15, 0.2) is 174 Å². The van der Waals surface area contributed by atoms with Crippen molar-refractivity contribution in [2.45, 2.75) is 0 Å². The number of fused-ring (bicyclic) bond motifs is 10. The summed E-state index contributed by atoms with van der Waals surface area (Å²) in [4.78, 5) is 2.48. The normalized spacial score (nSPS) is 12.0. The Balaban J connectivity index is 1.27. The smallest absolute Gasteiger partial charge is 0.135 e. The number of para-hydroxylation sites is 3. The fourth-order valence-electron chi connectivity index (χ4n) is 7.94. The average Bonchev–Trinajstić information content (AvgIpc) is 3.84. The van der Waals surface area contributed by atoms with Crippen molar-refractivity contribution in [3.8, 4) is 5.69 Å². The number of hydrogen-bond donors (Lipinski definition) is 0. The molecule has 3 nitrogen and oxygen atoms in total. The molecule has 0 aliphatic rings. The molecule has 0 unspecified atom stereocenters. The number of anilines is 3. The van der Waals surface area contributed by atoms with Gasteiger partial charge in [-0.15, -0.1) is 11.3 Å². The third-order valence-corrected chi connectivity index (χ3v) is 11.3. The highest BCUT2D eigenvalue weighted by atomic mass is 32.1. The van der Waals surface area contributed by atoms with Gasteiger partial charge >= 0.3 is 0 Å². The standard InChI is InChI=1S/C46H28N2OS/c1-2-13-30(14-3-1)48-40-19-9-6-16-34(40)37-27-31(22-24-41(37)48)47(32-23-25-43-38(28-32)35-17-7-10-20-42(35)49-43)45-33-15-5-4-12-29(33)26-39-36-18-8-11-21-44(36)50-46(39)45/h1-28H. The van der Waals surface area contributed by atoms with Gasteiger partial charge in [-0.25, -0.2) is 0 Å². The second-order valence-corrected chi connectivity index (χ2v) is 14.0. The predicted molar refractivity (Wildman–Crippen MR) is 213 cm³/mol. The first-order valence-electron chi connectivity index (χ1n) is 16.9. The maximum absolute atomic E-state index is 6.31. The molecule has 8 aromatic carbocycles. The van der Waals surface area contributed by atoms with Crippen molar-refractivity contribution < 1.29 is 4.42 Å². The monoisotopic (exact) mass is 656 g/mol. The van der Waals surface area contributed by atoms with Gasteiger partial charge in [0.2, 0.25) is 0 Å². The summed E-state index contributed by atoms with van der Waals surface area (Å²) in [7, 11) is 0. The van der Waals surface area contributed by atoms with Gasteiger partial charge in [-0.2, -0.15) is 0 Å². The number of thiophene rings is 1. The molecule has 11 rings (SSSR count). The molecule has 0 atom stereocenters. The Kier molecular flexibility index (Phi) is 5.83.